The number of benzene rings is 1. The molecule has 9 heavy (non-hydrogen) atoms. The van der Waals surface area contributed by atoms with Crippen LogP contribution in [0.1, 0.15) is 12.6 Å². The highest BCUT2D eigenvalue weighted by atomic mass is 13.9. The lowest BCUT2D eigenvalue weighted by Gasteiger charge is -1.98. The van der Waals surface area contributed by atoms with Crippen molar-refractivity contribution in [1.29, 1.82) is 0 Å². The molecular weight excluding hydrogens is 108 g/mol. The second kappa shape index (κ2) is 2.67. The van der Waals surface area contributed by atoms with Gasteiger partial charge >= 0.3 is 1.43 Å². The Kier molecular flexibility index (Phi) is 1.88. The first-order chi connectivity index (χ1) is 4.34. The standard InChI is InChI=1S/C9H11/c1-3-9-7-5-4-6-8(9)2/h4-7H,1,3H2,2H3/p+1. The monoisotopic (exact) mass is 120 g/mol. The van der Waals surface area contributed by atoms with E-state index in [4.69, 9.17) is 0 Å². The Morgan fingerprint density at radius 3 is 2.56 bits per heavy atom. The van der Waals surface area contributed by atoms with Crippen molar-refractivity contribution < 1.29 is 1.43 Å². The predicted molar refractivity (Wildman–Crippen MR) is 41.4 cm³/mol. The number of rotatable bonds is 1. The van der Waals surface area contributed by atoms with E-state index < -0.39 is 0 Å². The van der Waals surface area contributed by atoms with Crippen LogP contribution in [0.15, 0.2) is 24.3 Å². The maximum Gasteiger partial charge on any atom is 1.00 e. The van der Waals surface area contributed by atoms with Gasteiger partial charge in [0.1, 0.15) is 0 Å². The lowest BCUT2D eigenvalue weighted by Crippen LogP contribution is -1.82. The maximum absolute atomic E-state index is 3.82. The van der Waals surface area contributed by atoms with Crippen LogP contribution in [0.3, 0.4) is 0 Å². The van der Waals surface area contributed by atoms with Crippen LogP contribution in [0, 0.1) is 13.8 Å². The Hall–Kier alpha value is -0.780. The second-order valence-electron chi connectivity index (χ2n) is 2.18. The highest BCUT2D eigenvalue weighted by Gasteiger charge is 1.89. The molecule has 0 atom stereocenters. The second-order valence-corrected chi connectivity index (χ2v) is 2.18. The van der Waals surface area contributed by atoms with Gasteiger partial charge in [-0.3, -0.25) is 0 Å². The molecule has 1 aromatic rings. The van der Waals surface area contributed by atoms with E-state index in [1.54, 1.807) is 0 Å². The van der Waals surface area contributed by atoms with Crippen LogP contribution in [0.2, 0.25) is 0 Å². The smallest absolute Gasteiger partial charge is 0.0620 e. The highest BCUT2D eigenvalue weighted by Crippen LogP contribution is 2.05. The zero-order valence-electron chi connectivity index (χ0n) is 6.72. The van der Waals surface area contributed by atoms with Gasteiger partial charge in [0.15, 0.2) is 0 Å². The molecule has 1 rings (SSSR count). The Labute approximate surface area is 58.0 Å². The van der Waals surface area contributed by atoms with Crippen LogP contribution in [-0.2, 0) is 6.42 Å². The fourth-order valence-electron chi connectivity index (χ4n) is 0.891. The third-order valence-electron chi connectivity index (χ3n) is 1.53. The van der Waals surface area contributed by atoms with Crippen molar-refractivity contribution in [2.75, 3.05) is 0 Å². The van der Waals surface area contributed by atoms with Crippen molar-refractivity contribution in [3.05, 3.63) is 42.3 Å². The lowest BCUT2D eigenvalue weighted by atomic mass is 10.1. The summed E-state index contributed by atoms with van der Waals surface area (Å²) in [5.41, 5.74) is 2.69. The summed E-state index contributed by atoms with van der Waals surface area (Å²) in [6.07, 6.45) is 0.896. The van der Waals surface area contributed by atoms with E-state index in [0.717, 1.165) is 6.42 Å². The zero-order chi connectivity index (χ0) is 6.69. The molecule has 0 spiro atoms. The average molecular weight is 120 g/mol. The summed E-state index contributed by atoms with van der Waals surface area (Å²) in [5, 5.41) is 0. The molecule has 0 unspecified atom stereocenters. The molecule has 0 heterocycles. The minimum atomic E-state index is 0. The molecule has 0 aliphatic carbocycles. The summed E-state index contributed by atoms with van der Waals surface area (Å²) in [4.78, 5) is 0. The summed E-state index contributed by atoms with van der Waals surface area (Å²) >= 11 is 0. The van der Waals surface area contributed by atoms with Gasteiger partial charge in [0.25, 0.3) is 0 Å². The topological polar surface area (TPSA) is 0 Å². The normalized spacial score (nSPS) is 9.56. The Morgan fingerprint density at radius 2 is 2.11 bits per heavy atom. The quantitative estimate of drug-likeness (QED) is 0.534. The zero-order valence-corrected chi connectivity index (χ0v) is 5.72. The molecule has 0 fully saturated rings. The summed E-state index contributed by atoms with van der Waals surface area (Å²) < 4.78 is 0. The van der Waals surface area contributed by atoms with Crippen molar-refractivity contribution in [1.82, 2.24) is 0 Å². The number of hydrogen-bond acceptors (Lipinski definition) is 0. The molecule has 0 N–H and O–H groups in total. The molecule has 0 bridgehead atoms. The van der Waals surface area contributed by atoms with Crippen molar-refractivity contribution >= 4 is 0 Å². The summed E-state index contributed by atoms with van der Waals surface area (Å²) in [6.45, 7) is 5.93. The first-order valence-corrected chi connectivity index (χ1v) is 3.18. The van der Waals surface area contributed by atoms with Gasteiger partial charge in [-0.1, -0.05) is 24.3 Å². The van der Waals surface area contributed by atoms with Gasteiger partial charge in [-0.2, -0.15) is 0 Å². The molecule has 47 valence electrons. The average Bonchev–Trinajstić information content (AvgIpc) is 1.89. The van der Waals surface area contributed by atoms with Gasteiger partial charge in [-0.25, -0.2) is 0 Å². The van der Waals surface area contributed by atoms with Gasteiger partial charge in [0.05, 0.1) is 0 Å². The number of hydrogen-bond donors (Lipinski definition) is 0. The van der Waals surface area contributed by atoms with Gasteiger partial charge in [0, 0.05) is 0 Å². The molecule has 1 aromatic carbocycles. The summed E-state index contributed by atoms with van der Waals surface area (Å²) in [6, 6.07) is 8.32. The first kappa shape index (κ1) is 6.34. The molecule has 1 radical (unpaired) electrons. The Morgan fingerprint density at radius 1 is 1.44 bits per heavy atom. The van der Waals surface area contributed by atoms with Crippen LogP contribution in [0.4, 0.5) is 0 Å². The number of aryl methyl sites for hydroxylation is 1. The molecule has 0 aliphatic rings. The van der Waals surface area contributed by atoms with Crippen molar-refractivity contribution in [2.45, 2.75) is 13.3 Å². The van der Waals surface area contributed by atoms with E-state index in [1.165, 1.54) is 11.1 Å². The summed E-state index contributed by atoms with van der Waals surface area (Å²) in [7, 11) is 0. The van der Waals surface area contributed by atoms with Crippen molar-refractivity contribution in [3.8, 4) is 0 Å². The molecule has 0 heteroatoms. The molecule has 0 saturated heterocycles. The third-order valence-corrected chi connectivity index (χ3v) is 1.53. The van der Waals surface area contributed by atoms with E-state index in [-0.39, 0.29) is 1.43 Å². The molecule has 0 saturated carbocycles. The Balaban J connectivity index is 0.000000810. The van der Waals surface area contributed by atoms with Gasteiger partial charge in [-0.15, -0.1) is 0 Å². The van der Waals surface area contributed by atoms with Gasteiger partial charge in [0.2, 0.25) is 0 Å². The van der Waals surface area contributed by atoms with Crippen LogP contribution in [0.5, 0.6) is 0 Å². The maximum atomic E-state index is 3.82. The molecule has 0 amide bonds. The van der Waals surface area contributed by atoms with Crippen molar-refractivity contribution in [3.63, 3.8) is 0 Å². The molecular formula is C9H12+. The third kappa shape index (κ3) is 1.32. The predicted octanol–water partition coefficient (Wildman–Crippen LogP) is 2.48. The lowest BCUT2D eigenvalue weighted by molar-refractivity contribution is 1.21. The minimum Gasteiger partial charge on any atom is -0.0620 e. The highest BCUT2D eigenvalue weighted by molar-refractivity contribution is 5.25. The summed E-state index contributed by atoms with van der Waals surface area (Å²) in [5.74, 6) is 0. The van der Waals surface area contributed by atoms with Crippen LogP contribution in [0.25, 0.3) is 0 Å². The van der Waals surface area contributed by atoms with Gasteiger partial charge < -0.3 is 0 Å². The van der Waals surface area contributed by atoms with Crippen molar-refractivity contribution in [2.24, 2.45) is 0 Å². The van der Waals surface area contributed by atoms with E-state index in [0.29, 0.717) is 0 Å². The van der Waals surface area contributed by atoms with E-state index >= 15 is 0 Å². The van der Waals surface area contributed by atoms with E-state index in [2.05, 4.69) is 32.0 Å². The van der Waals surface area contributed by atoms with E-state index in [1.807, 2.05) is 6.07 Å². The minimum absolute atomic E-state index is 0. The molecule has 0 aromatic heterocycles. The van der Waals surface area contributed by atoms with E-state index in [9.17, 15) is 0 Å². The fraction of sp³-hybridized carbons (Fsp3) is 0.222. The first-order valence-electron chi connectivity index (χ1n) is 3.18. The Bertz CT molecular complexity index is 194. The van der Waals surface area contributed by atoms with Crippen LogP contribution >= 0.6 is 0 Å². The largest absolute Gasteiger partial charge is 1.00 e. The van der Waals surface area contributed by atoms with Gasteiger partial charge in [-0.05, 0) is 31.4 Å². The molecule has 0 aliphatic heterocycles. The van der Waals surface area contributed by atoms with Crippen LogP contribution in [-0.4, -0.2) is 0 Å². The van der Waals surface area contributed by atoms with Crippen LogP contribution < -0.4 is 0 Å². The molecule has 0 nitrogen and oxygen atoms in total. The fourth-order valence-corrected chi connectivity index (χ4v) is 0.891. The SMILES string of the molecule is [CH2]Cc1ccccc1C.[H+].